The Morgan fingerprint density at radius 3 is 2.44 bits per heavy atom. The van der Waals surface area contributed by atoms with Gasteiger partial charge in [-0.1, -0.05) is 12.1 Å². The molecule has 8 heteroatoms. The summed E-state index contributed by atoms with van der Waals surface area (Å²) in [5, 5.41) is 2.69. The zero-order valence-corrected chi connectivity index (χ0v) is 15.2. The molecule has 1 N–H and O–H groups in total. The summed E-state index contributed by atoms with van der Waals surface area (Å²) in [5.41, 5.74) is 1.08. The molecule has 0 aromatic heterocycles. The number of nitrogens with one attached hydrogen (secondary N) is 1. The van der Waals surface area contributed by atoms with Crippen LogP contribution in [0.3, 0.4) is 0 Å². The maximum atomic E-state index is 12.4. The van der Waals surface area contributed by atoms with Gasteiger partial charge in [-0.25, -0.2) is 9.59 Å². The van der Waals surface area contributed by atoms with Crippen molar-refractivity contribution in [3.63, 3.8) is 0 Å². The van der Waals surface area contributed by atoms with Crippen LogP contribution in [0.2, 0.25) is 0 Å². The van der Waals surface area contributed by atoms with E-state index < -0.39 is 11.9 Å². The highest BCUT2D eigenvalue weighted by molar-refractivity contribution is 6.05. The summed E-state index contributed by atoms with van der Waals surface area (Å²) in [6, 6.07) is 6.77. The highest BCUT2D eigenvalue weighted by Crippen LogP contribution is 2.28. The van der Waals surface area contributed by atoms with Crippen LogP contribution >= 0.6 is 0 Å². The third-order valence-corrected chi connectivity index (χ3v) is 3.57. The topological polar surface area (TPSA) is 94.2 Å². The van der Waals surface area contributed by atoms with E-state index >= 15 is 0 Å². The molecule has 2 rings (SSSR count). The van der Waals surface area contributed by atoms with Crippen molar-refractivity contribution >= 4 is 29.2 Å². The van der Waals surface area contributed by atoms with E-state index in [4.69, 9.17) is 14.2 Å². The Labute approximate surface area is 156 Å². The van der Waals surface area contributed by atoms with Gasteiger partial charge in [0.05, 0.1) is 19.8 Å². The molecular weight excluding hydrogens is 352 g/mol. The Kier molecular flexibility index (Phi) is 6.90. The predicted octanol–water partition coefficient (Wildman–Crippen LogP) is 1.76. The van der Waals surface area contributed by atoms with E-state index in [9.17, 15) is 14.4 Å². The molecule has 1 aliphatic heterocycles. The summed E-state index contributed by atoms with van der Waals surface area (Å²) in [6.45, 7) is -0.0857. The number of anilines is 2. The SMILES string of the molecule is COCC(=O)Nc1cccc(N2C=CC=CC(C(=O)OC)=C2C(=O)OC)c1. The average Bonchev–Trinajstić information content (AvgIpc) is 2.90. The molecule has 1 aromatic rings. The predicted molar refractivity (Wildman–Crippen MR) is 98.8 cm³/mol. The lowest BCUT2D eigenvalue weighted by molar-refractivity contribution is -0.139. The molecule has 0 spiro atoms. The number of hydrogen-bond acceptors (Lipinski definition) is 7. The monoisotopic (exact) mass is 372 g/mol. The van der Waals surface area contributed by atoms with Gasteiger partial charge in [-0.15, -0.1) is 0 Å². The van der Waals surface area contributed by atoms with Gasteiger partial charge in [0.25, 0.3) is 0 Å². The van der Waals surface area contributed by atoms with Crippen LogP contribution in [0.1, 0.15) is 0 Å². The molecule has 0 fully saturated rings. The molecule has 0 radical (unpaired) electrons. The lowest BCUT2D eigenvalue weighted by atomic mass is 10.1. The number of hydrogen-bond donors (Lipinski definition) is 1. The number of benzene rings is 1. The molecule has 1 amide bonds. The van der Waals surface area contributed by atoms with Crippen molar-refractivity contribution in [2.45, 2.75) is 0 Å². The molecule has 0 atom stereocenters. The van der Waals surface area contributed by atoms with E-state index in [1.165, 1.54) is 32.3 Å². The summed E-state index contributed by atoms with van der Waals surface area (Å²) in [4.78, 5) is 37.8. The number of ether oxygens (including phenoxy) is 3. The van der Waals surface area contributed by atoms with Crippen molar-refractivity contribution in [1.82, 2.24) is 0 Å². The number of amides is 1. The minimum absolute atomic E-state index is 0.00489. The van der Waals surface area contributed by atoms with Crippen LogP contribution in [0.4, 0.5) is 11.4 Å². The van der Waals surface area contributed by atoms with E-state index in [1.807, 2.05) is 0 Å². The first kappa shape index (κ1) is 19.9. The van der Waals surface area contributed by atoms with E-state index in [0.717, 1.165) is 0 Å². The molecular formula is C19H20N2O6. The zero-order chi connectivity index (χ0) is 19.8. The first-order chi connectivity index (χ1) is 13.0. The second-order valence-corrected chi connectivity index (χ2v) is 5.35. The second-order valence-electron chi connectivity index (χ2n) is 5.35. The molecule has 0 saturated carbocycles. The lowest BCUT2D eigenvalue weighted by Gasteiger charge is -2.23. The van der Waals surface area contributed by atoms with Crippen LogP contribution in [-0.2, 0) is 28.6 Å². The van der Waals surface area contributed by atoms with Crippen LogP contribution in [0.5, 0.6) is 0 Å². The van der Waals surface area contributed by atoms with Gasteiger partial charge in [-0.3, -0.25) is 4.79 Å². The number of carbonyl (C=O) groups excluding carboxylic acids is 3. The number of esters is 2. The van der Waals surface area contributed by atoms with Crippen LogP contribution in [-0.4, -0.2) is 45.8 Å². The zero-order valence-electron chi connectivity index (χ0n) is 15.2. The maximum Gasteiger partial charge on any atom is 0.355 e. The van der Waals surface area contributed by atoms with Gasteiger partial charge in [0.2, 0.25) is 5.91 Å². The van der Waals surface area contributed by atoms with E-state index in [2.05, 4.69) is 5.32 Å². The molecule has 0 aliphatic carbocycles. The number of methoxy groups -OCH3 is 3. The smallest absolute Gasteiger partial charge is 0.355 e. The number of nitrogens with zero attached hydrogens (tertiary/aromatic N) is 1. The normalized spacial score (nSPS) is 13.2. The third kappa shape index (κ3) is 4.83. The lowest BCUT2D eigenvalue weighted by Crippen LogP contribution is -2.27. The number of carbonyl (C=O) groups is 3. The Bertz CT molecular complexity index is 825. The fourth-order valence-corrected chi connectivity index (χ4v) is 2.43. The molecule has 27 heavy (non-hydrogen) atoms. The van der Waals surface area contributed by atoms with Crippen LogP contribution in [0, 0.1) is 0 Å². The number of allylic oxidation sites excluding steroid dienone is 2. The molecule has 0 bridgehead atoms. The summed E-state index contributed by atoms with van der Waals surface area (Å²) in [5.74, 6) is -1.70. The molecule has 0 saturated heterocycles. The van der Waals surface area contributed by atoms with E-state index in [1.54, 1.807) is 42.6 Å². The highest BCUT2D eigenvalue weighted by Gasteiger charge is 2.27. The van der Waals surface area contributed by atoms with Gasteiger partial charge in [-0.2, -0.15) is 0 Å². The molecule has 142 valence electrons. The Balaban J connectivity index is 2.49. The summed E-state index contributed by atoms with van der Waals surface area (Å²) in [7, 11) is 3.88. The van der Waals surface area contributed by atoms with Crippen molar-refractivity contribution in [3.8, 4) is 0 Å². The van der Waals surface area contributed by atoms with Gasteiger partial charge >= 0.3 is 11.9 Å². The molecule has 1 heterocycles. The van der Waals surface area contributed by atoms with Crippen LogP contribution in [0.15, 0.2) is 60.0 Å². The van der Waals surface area contributed by atoms with Crippen LogP contribution in [0.25, 0.3) is 0 Å². The van der Waals surface area contributed by atoms with Crippen molar-refractivity contribution in [2.75, 3.05) is 38.2 Å². The Hall–Kier alpha value is -3.39. The maximum absolute atomic E-state index is 12.4. The Morgan fingerprint density at radius 2 is 1.78 bits per heavy atom. The van der Waals surface area contributed by atoms with Gasteiger partial charge < -0.3 is 24.4 Å². The average molecular weight is 372 g/mol. The minimum Gasteiger partial charge on any atom is -0.465 e. The minimum atomic E-state index is -0.708. The molecule has 1 aromatic carbocycles. The van der Waals surface area contributed by atoms with Crippen LogP contribution < -0.4 is 10.2 Å². The standard InChI is InChI=1S/C19H20N2O6/c1-25-12-16(22)20-13-7-6-8-14(11-13)21-10-5-4-9-15(18(23)26-2)17(21)19(24)27-3/h4-11H,12H2,1-3H3,(H,20,22). The quantitative estimate of drug-likeness (QED) is 0.761. The van der Waals surface area contributed by atoms with Crippen molar-refractivity contribution in [1.29, 1.82) is 0 Å². The summed E-state index contributed by atoms with van der Waals surface area (Å²) < 4.78 is 14.4. The fraction of sp³-hybridized carbons (Fsp3) is 0.211. The summed E-state index contributed by atoms with van der Waals surface area (Å²) >= 11 is 0. The molecule has 8 nitrogen and oxygen atoms in total. The highest BCUT2D eigenvalue weighted by atomic mass is 16.5. The largest absolute Gasteiger partial charge is 0.465 e. The summed E-state index contributed by atoms with van der Waals surface area (Å²) in [6.07, 6.45) is 6.35. The van der Waals surface area contributed by atoms with Gasteiger partial charge in [-0.05, 0) is 30.4 Å². The third-order valence-electron chi connectivity index (χ3n) is 3.57. The molecule has 1 aliphatic rings. The van der Waals surface area contributed by atoms with Gasteiger partial charge in [0.15, 0.2) is 0 Å². The van der Waals surface area contributed by atoms with E-state index in [0.29, 0.717) is 11.4 Å². The molecule has 0 unspecified atom stereocenters. The Morgan fingerprint density at radius 1 is 1.04 bits per heavy atom. The van der Waals surface area contributed by atoms with Crippen molar-refractivity contribution < 1.29 is 28.6 Å². The van der Waals surface area contributed by atoms with Gasteiger partial charge in [0, 0.05) is 24.7 Å². The van der Waals surface area contributed by atoms with E-state index in [-0.39, 0.29) is 23.8 Å². The number of rotatable bonds is 6. The van der Waals surface area contributed by atoms with Crippen molar-refractivity contribution in [2.24, 2.45) is 0 Å². The first-order valence-corrected chi connectivity index (χ1v) is 7.95. The first-order valence-electron chi connectivity index (χ1n) is 7.95. The van der Waals surface area contributed by atoms with Gasteiger partial charge in [0.1, 0.15) is 12.3 Å². The second kappa shape index (κ2) is 9.35. The van der Waals surface area contributed by atoms with Crippen molar-refractivity contribution in [3.05, 3.63) is 60.0 Å². The fourth-order valence-electron chi connectivity index (χ4n) is 2.43.